The zero-order valence-electron chi connectivity index (χ0n) is 8.76. The second-order valence-corrected chi connectivity index (χ2v) is 5.39. The molecule has 0 nitrogen and oxygen atoms in total. The van der Waals surface area contributed by atoms with E-state index in [4.69, 9.17) is 23.2 Å². The third kappa shape index (κ3) is 3.12. The molecule has 0 N–H and O–H groups in total. The molecule has 82 valence electrons. The standard InChI is InChI=1S/C13H16Cl2/c14-12-6-3-4-10(9-12)8-11-5-1-2-7-13(11)15/h3-4,6,9,11,13H,1-2,5,7-8H2. The lowest BCUT2D eigenvalue weighted by Gasteiger charge is -2.27. The Balaban J connectivity index is 2.01. The van der Waals surface area contributed by atoms with Gasteiger partial charge in [0.1, 0.15) is 0 Å². The first kappa shape index (κ1) is 11.3. The van der Waals surface area contributed by atoms with Crippen molar-refractivity contribution in [2.75, 3.05) is 0 Å². The molecule has 2 rings (SSSR count). The van der Waals surface area contributed by atoms with Gasteiger partial charge >= 0.3 is 0 Å². The molecule has 0 aromatic heterocycles. The normalized spacial score (nSPS) is 26.5. The summed E-state index contributed by atoms with van der Waals surface area (Å²) in [6.45, 7) is 0. The van der Waals surface area contributed by atoms with Gasteiger partial charge in [0.2, 0.25) is 0 Å². The summed E-state index contributed by atoms with van der Waals surface area (Å²) in [5, 5.41) is 1.19. The maximum atomic E-state index is 6.34. The molecular formula is C13H16Cl2. The first-order valence-corrected chi connectivity index (χ1v) is 6.45. The van der Waals surface area contributed by atoms with Crippen molar-refractivity contribution in [1.82, 2.24) is 0 Å². The van der Waals surface area contributed by atoms with Crippen LogP contribution in [0.25, 0.3) is 0 Å². The van der Waals surface area contributed by atoms with Crippen molar-refractivity contribution >= 4 is 23.2 Å². The number of alkyl halides is 1. The Morgan fingerprint density at radius 3 is 2.73 bits per heavy atom. The van der Waals surface area contributed by atoms with E-state index in [9.17, 15) is 0 Å². The summed E-state index contributed by atoms with van der Waals surface area (Å²) < 4.78 is 0. The van der Waals surface area contributed by atoms with E-state index in [1.165, 1.54) is 31.2 Å². The van der Waals surface area contributed by atoms with Crippen LogP contribution in [0.1, 0.15) is 31.2 Å². The fourth-order valence-corrected chi connectivity index (χ4v) is 2.94. The van der Waals surface area contributed by atoms with Gasteiger partial charge in [-0.15, -0.1) is 11.6 Å². The molecule has 0 bridgehead atoms. The van der Waals surface area contributed by atoms with Crippen molar-refractivity contribution in [3.05, 3.63) is 34.9 Å². The zero-order chi connectivity index (χ0) is 10.7. The Labute approximate surface area is 102 Å². The van der Waals surface area contributed by atoms with E-state index in [2.05, 4.69) is 12.1 Å². The average molecular weight is 243 g/mol. The Hall–Kier alpha value is -0.200. The van der Waals surface area contributed by atoms with E-state index < -0.39 is 0 Å². The van der Waals surface area contributed by atoms with Gasteiger partial charge in [-0.05, 0) is 42.9 Å². The molecule has 0 saturated heterocycles. The summed E-state index contributed by atoms with van der Waals surface area (Å²) in [4.78, 5) is 0. The van der Waals surface area contributed by atoms with E-state index in [1.54, 1.807) is 0 Å². The minimum atomic E-state index is 0.359. The Morgan fingerprint density at radius 1 is 1.20 bits per heavy atom. The van der Waals surface area contributed by atoms with Crippen molar-refractivity contribution in [2.45, 2.75) is 37.5 Å². The Bertz CT molecular complexity index is 322. The summed E-state index contributed by atoms with van der Waals surface area (Å²) in [5.74, 6) is 0.638. The second-order valence-electron chi connectivity index (χ2n) is 4.39. The van der Waals surface area contributed by atoms with Crippen LogP contribution in [-0.4, -0.2) is 5.38 Å². The van der Waals surface area contributed by atoms with Crippen molar-refractivity contribution in [3.8, 4) is 0 Å². The molecule has 0 amide bonds. The molecule has 0 spiro atoms. The van der Waals surface area contributed by atoms with Crippen molar-refractivity contribution in [1.29, 1.82) is 0 Å². The fourth-order valence-electron chi connectivity index (χ4n) is 2.36. The van der Waals surface area contributed by atoms with Gasteiger partial charge in [-0.25, -0.2) is 0 Å². The van der Waals surface area contributed by atoms with Crippen LogP contribution in [0.5, 0.6) is 0 Å². The highest BCUT2D eigenvalue weighted by molar-refractivity contribution is 6.30. The quantitative estimate of drug-likeness (QED) is 0.661. The van der Waals surface area contributed by atoms with Crippen molar-refractivity contribution in [3.63, 3.8) is 0 Å². The van der Waals surface area contributed by atoms with E-state index >= 15 is 0 Å². The molecule has 1 aromatic rings. The molecule has 1 fully saturated rings. The average Bonchev–Trinajstić information content (AvgIpc) is 2.22. The van der Waals surface area contributed by atoms with Crippen LogP contribution in [0.4, 0.5) is 0 Å². The summed E-state index contributed by atoms with van der Waals surface area (Å²) in [6, 6.07) is 8.14. The number of benzene rings is 1. The maximum absolute atomic E-state index is 6.34. The van der Waals surface area contributed by atoms with Gasteiger partial charge in [-0.3, -0.25) is 0 Å². The number of halogens is 2. The highest BCUT2D eigenvalue weighted by Crippen LogP contribution is 2.31. The molecule has 1 aromatic carbocycles. The predicted octanol–water partition coefficient (Wildman–Crippen LogP) is 4.68. The molecule has 1 aliphatic rings. The topological polar surface area (TPSA) is 0 Å². The largest absolute Gasteiger partial charge is 0.123 e. The van der Waals surface area contributed by atoms with Gasteiger partial charge in [0.25, 0.3) is 0 Å². The van der Waals surface area contributed by atoms with Crippen molar-refractivity contribution < 1.29 is 0 Å². The first-order valence-electron chi connectivity index (χ1n) is 5.64. The lowest BCUT2D eigenvalue weighted by molar-refractivity contribution is 0.364. The number of hydrogen-bond donors (Lipinski definition) is 0. The molecule has 0 radical (unpaired) electrons. The van der Waals surface area contributed by atoms with E-state index in [1.807, 2.05) is 12.1 Å². The van der Waals surface area contributed by atoms with Gasteiger partial charge in [0.05, 0.1) is 0 Å². The molecule has 15 heavy (non-hydrogen) atoms. The molecular weight excluding hydrogens is 227 g/mol. The minimum absolute atomic E-state index is 0.359. The second kappa shape index (κ2) is 5.23. The smallest absolute Gasteiger partial charge is 0.0408 e. The maximum Gasteiger partial charge on any atom is 0.0408 e. The molecule has 1 aliphatic carbocycles. The van der Waals surface area contributed by atoms with Crippen LogP contribution >= 0.6 is 23.2 Å². The van der Waals surface area contributed by atoms with Gasteiger partial charge in [-0.1, -0.05) is 36.6 Å². The van der Waals surface area contributed by atoms with Crippen LogP contribution in [0, 0.1) is 5.92 Å². The van der Waals surface area contributed by atoms with Crippen molar-refractivity contribution in [2.24, 2.45) is 5.92 Å². The monoisotopic (exact) mass is 242 g/mol. The highest BCUT2D eigenvalue weighted by Gasteiger charge is 2.23. The molecule has 2 unspecified atom stereocenters. The van der Waals surface area contributed by atoms with Gasteiger partial charge < -0.3 is 0 Å². The van der Waals surface area contributed by atoms with Crippen LogP contribution in [-0.2, 0) is 6.42 Å². The van der Waals surface area contributed by atoms with Crippen LogP contribution in [0.3, 0.4) is 0 Å². The summed E-state index contributed by atoms with van der Waals surface area (Å²) >= 11 is 12.3. The highest BCUT2D eigenvalue weighted by atomic mass is 35.5. The number of hydrogen-bond acceptors (Lipinski definition) is 0. The summed E-state index contributed by atoms with van der Waals surface area (Å²) in [6.07, 6.45) is 6.14. The first-order chi connectivity index (χ1) is 7.25. The van der Waals surface area contributed by atoms with Crippen LogP contribution < -0.4 is 0 Å². The summed E-state index contributed by atoms with van der Waals surface area (Å²) in [7, 11) is 0. The number of rotatable bonds is 2. The fraction of sp³-hybridized carbons (Fsp3) is 0.538. The molecule has 2 atom stereocenters. The third-order valence-electron chi connectivity index (χ3n) is 3.20. The summed E-state index contributed by atoms with van der Waals surface area (Å²) in [5.41, 5.74) is 1.32. The molecule has 0 heterocycles. The lowest BCUT2D eigenvalue weighted by atomic mass is 9.84. The van der Waals surface area contributed by atoms with Crippen LogP contribution in [0.15, 0.2) is 24.3 Å². The van der Waals surface area contributed by atoms with Crippen LogP contribution in [0.2, 0.25) is 5.02 Å². The molecule has 0 aliphatic heterocycles. The van der Waals surface area contributed by atoms with Gasteiger partial charge in [-0.2, -0.15) is 0 Å². The third-order valence-corrected chi connectivity index (χ3v) is 4.01. The lowest BCUT2D eigenvalue weighted by Crippen LogP contribution is -2.21. The van der Waals surface area contributed by atoms with Gasteiger partial charge in [0.15, 0.2) is 0 Å². The predicted molar refractivity (Wildman–Crippen MR) is 66.8 cm³/mol. The van der Waals surface area contributed by atoms with E-state index in [-0.39, 0.29) is 0 Å². The Morgan fingerprint density at radius 2 is 2.00 bits per heavy atom. The van der Waals surface area contributed by atoms with E-state index in [0.717, 1.165) is 11.4 Å². The Kier molecular flexibility index (Phi) is 3.93. The zero-order valence-corrected chi connectivity index (χ0v) is 10.3. The molecule has 1 saturated carbocycles. The van der Waals surface area contributed by atoms with E-state index in [0.29, 0.717) is 11.3 Å². The van der Waals surface area contributed by atoms with Gasteiger partial charge in [0, 0.05) is 10.4 Å². The SMILES string of the molecule is Clc1cccc(CC2CCCCC2Cl)c1. The minimum Gasteiger partial charge on any atom is -0.123 e. The molecule has 2 heteroatoms.